The highest BCUT2D eigenvalue weighted by atomic mass is 16.1. The SMILES string of the molecule is O=C(CCC1CCCC1)NCc1ccc2[nH]c3c(c2c1)CCCC3. The molecule has 2 aliphatic rings. The number of H-pyrrole nitrogens is 1. The van der Waals surface area contributed by atoms with Crippen LogP contribution in [0, 0.1) is 5.92 Å². The summed E-state index contributed by atoms with van der Waals surface area (Å²) >= 11 is 0. The van der Waals surface area contributed by atoms with Gasteiger partial charge in [-0.3, -0.25) is 4.79 Å². The zero-order chi connectivity index (χ0) is 16.4. The maximum atomic E-state index is 12.1. The Morgan fingerprint density at radius 3 is 2.83 bits per heavy atom. The lowest BCUT2D eigenvalue weighted by molar-refractivity contribution is -0.121. The van der Waals surface area contributed by atoms with Crippen LogP contribution in [0.25, 0.3) is 10.9 Å². The van der Waals surface area contributed by atoms with Crippen molar-refractivity contribution >= 4 is 16.8 Å². The fraction of sp³-hybridized carbons (Fsp3) is 0.571. The van der Waals surface area contributed by atoms with Crippen LogP contribution >= 0.6 is 0 Å². The van der Waals surface area contributed by atoms with Crippen molar-refractivity contribution in [1.82, 2.24) is 10.3 Å². The zero-order valence-electron chi connectivity index (χ0n) is 14.5. The lowest BCUT2D eigenvalue weighted by Crippen LogP contribution is -2.23. The van der Waals surface area contributed by atoms with E-state index in [1.165, 1.54) is 79.1 Å². The zero-order valence-corrected chi connectivity index (χ0v) is 14.5. The number of amides is 1. The van der Waals surface area contributed by atoms with Gasteiger partial charge in [-0.25, -0.2) is 0 Å². The number of fused-ring (bicyclic) bond motifs is 3. The van der Waals surface area contributed by atoms with E-state index < -0.39 is 0 Å². The number of aromatic amines is 1. The van der Waals surface area contributed by atoms with Gasteiger partial charge < -0.3 is 10.3 Å². The van der Waals surface area contributed by atoms with E-state index in [2.05, 4.69) is 28.5 Å². The molecule has 2 aliphatic carbocycles. The summed E-state index contributed by atoms with van der Waals surface area (Å²) in [5.41, 5.74) is 5.39. The highest BCUT2D eigenvalue weighted by Gasteiger charge is 2.17. The van der Waals surface area contributed by atoms with Gasteiger partial charge in [0, 0.05) is 29.6 Å². The fourth-order valence-electron chi connectivity index (χ4n) is 4.49. The number of carbonyl (C=O) groups excluding carboxylic acids is 1. The molecule has 0 radical (unpaired) electrons. The second-order valence-corrected chi connectivity index (χ2v) is 7.64. The molecular weight excluding hydrogens is 296 g/mol. The van der Waals surface area contributed by atoms with Gasteiger partial charge in [0.2, 0.25) is 5.91 Å². The van der Waals surface area contributed by atoms with Gasteiger partial charge in [0.25, 0.3) is 0 Å². The number of rotatable bonds is 5. The standard InChI is InChI=1S/C21H28N2O/c24-21(12-10-15-5-1-2-6-15)22-14-16-9-11-20-18(13-16)17-7-3-4-8-19(17)23-20/h9,11,13,15,23H,1-8,10,12,14H2,(H,22,24). The van der Waals surface area contributed by atoms with Gasteiger partial charge in [0.15, 0.2) is 0 Å². The number of carbonyl (C=O) groups is 1. The molecule has 2 aromatic rings. The molecule has 1 aromatic heterocycles. The van der Waals surface area contributed by atoms with Crippen LogP contribution in [0.2, 0.25) is 0 Å². The summed E-state index contributed by atoms with van der Waals surface area (Å²) in [4.78, 5) is 15.7. The van der Waals surface area contributed by atoms with E-state index in [0.717, 1.165) is 12.3 Å². The average Bonchev–Trinajstić information content (AvgIpc) is 3.25. The van der Waals surface area contributed by atoms with E-state index in [1.54, 1.807) is 0 Å². The Labute approximate surface area is 144 Å². The second kappa shape index (κ2) is 7.00. The Bertz CT molecular complexity index is 725. The van der Waals surface area contributed by atoms with Gasteiger partial charge in [-0.15, -0.1) is 0 Å². The average molecular weight is 324 g/mol. The minimum absolute atomic E-state index is 0.207. The molecule has 3 nitrogen and oxygen atoms in total. The molecule has 128 valence electrons. The Morgan fingerprint density at radius 2 is 1.96 bits per heavy atom. The molecule has 0 unspecified atom stereocenters. The molecule has 4 rings (SSSR count). The first-order valence-corrected chi connectivity index (χ1v) is 9.68. The van der Waals surface area contributed by atoms with Crippen LogP contribution in [-0.4, -0.2) is 10.9 Å². The van der Waals surface area contributed by atoms with Gasteiger partial charge in [-0.05, 0) is 61.3 Å². The number of nitrogens with one attached hydrogen (secondary N) is 2. The highest BCUT2D eigenvalue weighted by Crippen LogP contribution is 2.30. The lowest BCUT2D eigenvalue weighted by Gasteiger charge is -2.11. The van der Waals surface area contributed by atoms with E-state index in [1.807, 2.05) is 0 Å². The Balaban J connectivity index is 1.36. The van der Waals surface area contributed by atoms with Crippen LogP contribution < -0.4 is 5.32 Å². The van der Waals surface area contributed by atoms with Crippen molar-refractivity contribution in [3.8, 4) is 0 Å². The van der Waals surface area contributed by atoms with E-state index >= 15 is 0 Å². The maximum Gasteiger partial charge on any atom is 0.220 e. The summed E-state index contributed by atoms with van der Waals surface area (Å²) in [6.45, 7) is 0.652. The molecule has 0 bridgehead atoms. The molecule has 1 saturated carbocycles. The predicted octanol–water partition coefficient (Wildman–Crippen LogP) is 4.63. The summed E-state index contributed by atoms with van der Waals surface area (Å²) in [6.07, 6.45) is 12.1. The summed E-state index contributed by atoms with van der Waals surface area (Å²) in [7, 11) is 0. The van der Waals surface area contributed by atoms with Crippen molar-refractivity contribution in [2.75, 3.05) is 0 Å². The predicted molar refractivity (Wildman–Crippen MR) is 98.0 cm³/mol. The van der Waals surface area contributed by atoms with Crippen molar-refractivity contribution < 1.29 is 4.79 Å². The first kappa shape index (κ1) is 15.7. The van der Waals surface area contributed by atoms with Gasteiger partial charge in [-0.2, -0.15) is 0 Å². The molecule has 3 heteroatoms. The number of aryl methyl sites for hydroxylation is 2. The molecule has 1 heterocycles. The first-order chi connectivity index (χ1) is 11.8. The Morgan fingerprint density at radius 1 is 1.12 bits per heavy atom. The van der Waals surface area contributed by atoms with E-state index in [4.69, 9.17) is 0 Å². The molecular formula is C21H28N2O. The van der Waals surface area contributed by atoms with E-state index in [9.17, 15) is 4.79 Å². The third-order valence-corrected chi connectivity index (χ3v) is 5.91. The smallest absolute Gasteiger partial charge is 0.220 e. The summed E-state index contributed by atoms with van der Waals surface area (Å²) in [5.74, 6) is 0.997. The van der Waals surface area contributed by atoms with Crippen molar-refractivity contribution in [1.29, 1.82) is 0 Å². The van der Waals surface area contributed by atoms with Gasteiger partial charge in [0.05, 0.1) is 0 Å². The second-order valence-electron chi connectivity index (χ2n) is 7.64. The molecule has 1 aromatic carbocycles. The molecule has 0 spiro atoms. The van der Waals surface area contributed by atoms with E-state index in [0.29, 0.717) is 13.0 Å². The first-order valence-electron chi connectivity index (χ1n) is 9.68. The van der Waals surface area contributed by atoms with Crippen LogP contribution in [0.4, 0.5) is 0 Å². The van der Waals surface area contributed by atoms with Crippen LogP contribution in [0.1, 0.15) is 68.2 Å². The molecule has 24 heavy (non-hydrogen) atoms. The number of benzene rings is 1. The molecule has 0 aliphatic heterocycles. The fourth-order valence-corrected chi connectivity index (χ4v) is 4.49. The quantitative estimate of drug-likeness (QED) is 0.827. The highest BCUT2D eigenvalue weighted by molar-refractivity contribution is 5.85. The maximum absolute atomic E-state index is 12.1. The molecule has 0 saturated heterocycles. The molecule has 1 amide bonds. The van der Waals surface area contributed by atoms with Gasteiger partial charge >= 0.3 is 0 Å². The monoisotopic (exact) mass is 324 g/mol. The molecule has 1 fully saturated rings. The van der Waals surface area contributed by atoms with Crippen LogP contribution in [0.15, 0.2) is 18.2 Å². The largest absolute Gasteiger partial charge is 0.358 e. The third-order valence-electron chi connectivity index (χ3n) is 5.91. The third kappa shape index (κ3) is 3.35. The summed E-state index contributed by atoms with van der Waals surface area (Å²) in [6, 6.07) is 6.59. The van der Waals surface area contributed by atoms with E-state index in [-0.39, 0.29) is 5.91 Å². The minimum Gasteiger partial charge on any atom is -0.358 e. The molecule has 2 N–H and O–H groups in total. The minimum atomic E-state index is 0.207. The normalized spacial score (nSPS) is 18.0. The van der Waals surface area contributed by atoms with Crippen molar-refractivity contribution in [2.45, 2.75) is 70.8 Å². The Kier molecular flexibility index (Phi) is 4.59. The van der Waals surface area contributed by atoms with Crippen LogP contribution in [0.5, 0.6) is 0 Å². The summed E-state index contributed by atoms with van der Waals surface area (Å²) < 4.78 is 0. The summed E-state index contributed by atoms with van der Waals surface area (Å²) in [5, 5.41) is 4.47. The van der Waals surface area contributed by atoms with Gasteiger partial charge in [0.1, 0.15) is 0 Å². The van der Waals surface area contributed by atoms with Crippen molar-refractivity contribution in [3.05, 3.63) is 35.0 Å². The van der Waals surface area contributed by atoms with Crippen molar-refractivity contribution in [2.24, 2.45) is 5.92 Å². The van der Waals surface area contributed by atoms with Crippen molar-refractivity contribution in [3.63, 3.8) is 0 Å². The van der Waals surface area contributed by atoms with Crippen LogP contribution in [0.3, 0.4) is 0 Å². The number of aromatic nitrogens is 1. The number of hydrogen-bond donors (Lipinski definition) is 2. The Hall–Kier alpha value is -1.77. The topological polar surface area (TPSA) is 44.9 Å². The van der Waals surface area contributed by atoms with Crippen LogP contribution in [-0.2, 0) is 24.2 Å². The number of hydrogen-bond acceptors (Lipinski definition) is 1. The molecule has 0 atom stereocenters. The lowest BCUT2D eigenvalue weighted by atomic mass is 9.95. The van der Waals surface area contributed by atoms with Gasteiger partial charge in [-0.1, -0.05) is 31.7 Å².